The summed E-state index contributed by atoms with van der Waals surface area (Å²) in [6.45, 7) is 2.06. The Bertz CT molecular complexity index is 670. The minimum Gasteiger partial charge on any atom is -0.462 e. The first kappa shape index (κ1) is 15.3. The Morgan fingerprint density at radius 3 is 2.62 bits per heavy atom. The van der Waals surface area contributed by atoms with E-state index in [1.165, 1.54) is 0 Å². The number of nitrogens with one attached hydrogen (secondary N) is 1. The molecule has 21 heavy (non-hydrogen) atoms. The van der Waals surface area contributed by atoms with Crippen molar-refractivity contribution in [3.8, 4) is 0 Å². The Morgan fingerprint density at radius 2 is 1.90 bits per heavy atom. The number of halogens is 1. The zero-order valence-corrected chi connectivity index (χ0v) is 13.0. The van der Waals surface area contributed by atoms with Gasteiger partial charge in [-0.1, -0.05) is 18.2 Å². The van der Waals surface area contributed by atoms with Gasteiger partial charge in [0.2, 0.25) is 0 Å². The van der Waals surface area contributed by atoms with Crippen LogP contribution in [-0.4, -0.2) is 18.5 Å². The zero-order chi connectivity index (χ0) is 15.2. The number of ether oxygens (including phenoxy) is 1. The van der Waals surface area contributed by atoms with Crippen LogP contribution in [0.3, 0.4) is 0 Å². The summed E-state index contributed by atoms with van der Waals surface area (Å²) in [7, 11) is 0. The van der Waals surface area contributed by atoms with Gasteiger partial charge in [0.25, 0.3) is 5.91 Å². The van der Waals surface area contributed by atoms with Crippen LogP contribution in [0.4, 0.5) is 5.69 Å². The van der Waals surface area contributed by atoms with Gasteiger partial charge >= 0.3 is 5.97 Å². The maximum absolute atomic E-state index is 12.2. The van der Waals surface area contributed by atoms with E-state index in [0.29, 0.717) is 27.9 Å². The molecule has 0 aliphatic heterocycles. The minimum atomic E-state index is -0.408. The summed E-state index contributed by atoms with van der Waals surface area (Å²) in [5, 5.41) is 2.76. The van der Waals surface area contributed by atoms with Gasteiger partial charge in [-0.05, 0) is 53.2 Å². The van der Waals surface area contributed by atoms with Gasteiger partial charge in [0, 0.05) is 10.2 Å². The van der Waals surface area contributed by atoms with E-state index in [1.54, 1.807) is 49.4 Å². The average molecular weight is 348 g/mol. The Labute approximate surface area is 131 Å². The van der Waals surface area contributed by atoms with Crippen molar-refractivity contribution in [1.29, 1.82) is 0 Å². The fourth-order valence-electron chi connectivity index (χ4n) is 1.78. The quantitative estimate of drug-likeness (QED) is 0.854. The number of benzene rings is 2. The Morgan fingerprint density at radius 1 is 1.14 bits per heavy atom. The number of carbonyl (C=O) groups excluding carboxylic acids is 2. The zero-order valence-electron chi connectivity index (χ0n) is 11.4. The molecule has 0 atom stereocenters. The highest BCUT2D eigenvalue weighted by Crippen LogP contribution is 2.18. The minimum absolute atomic E-state index is 0.247. The molecular weight excluding hydrogens is 334 g/mol. The second-order valence-corrected chi connectivity index (χ2v) is 5.09. The number of carbonyl (C=O) groups is 2. The van der Waals surface area contributed by atoms with Crippen molar-refractivity contribution >= 4 is 33.5 Å². The molecule has 0 spiro atoms. The molecule has 2 rings (SSSR count). The van der Waals surface area contributed by atoms with Crippen molar-refractivity contribution in [2.24, 2.45) is 0 Å². The van der Waals surface area contributed by atoms with Crippen molar-refractivity contribution in [2.45, 2.75) is 6.92 Å². The summed E-state index contributed by atoms with van der Waals surface area (Å²) in [4.78, 5) is 23.8. The Hall–Kier alpha value is -2.14. The van der Waals surface area contributed by atoms with E-state index in [2.05, 4.69) is 21.2 Å². The number of anilines is 1. The number of esters is 1. The Kier molecular flexibility index (Phi) is 5.11. The first-order chi connectivity index (χ1) is 10.1. The normalized spacial score (nSPS) is 10.0. The second kappa shape index (κ2) is 7.04. The van der Waals surface area contributed by atoms with Crippen LogP contribution in [0, 0.1) is 0 Å². The third-order valence-electron chi connectivity index (χ3n) is 2.75. The molecule has 2 aromatic carbocycles. The van der Waals surface area contributed by atoms with Gasteiger partial charge in [-0.2, -0.15) is 0 Å². The molecule has 4 nitrogen and oxygen atoms in total. The number of hydrogen-bond donors (Lipinski definition) is 1. The highest BCUT2D eigenvalue weighted by atomic mass is 79.9. The molecule has 0 heterocycles. The van der Waals surface area contributed by atoms with E-state index in [-0.39, 0.29) is 5.91 Å². The number of amides is 1. The molecular formula is C16H14BrNO3. The van der Waals surface area contributed by atoms with E-state index >= 15 is 0 Å². The van der Waals surface area contributed by atoms with E-state index in [0.717, 1.165) is 0 Å². The molecule has 108 valence electrons. The van der Waals surface area contributed by atoms with Crippen molar-refractivity contribution in [3.05, 3.63) is 64.1 Å². The molecule has 2 aromatic rings. The molecule has 0 fully saturated rings. The molecule has 0 saturated heterocycles. The lowest BCUT2D eigenvalue weighted by Gasteiger charge is -2.08. The van der Waals surface area contributed by atoms with Crippen LogP contribution >= 0.6 is 15.9 Å². The standard InChI is InChI=1S/C16H14BrNO3/c1-2-21-16(20)11-6-5-7-12(10-11)18-15(19)13-8-3-4-9-14(13)17/h3-10H,2H2,1H3,(H,18,19). The molecule has 5 heteroatoms. The van der Waals surface area contributed by atoms with Crippen LogP contribution in [0.1, 0.15) is 27.6 Å². The van der Waals surface area contributed by atoms with Gasteiger partial charge in [-0.15, -0.1) is 0 Å². The number of hydrogen-bond acceptors (Lipinski definition) is 3. The average Bonchev–Trinajstić information content (AvgIpc) is 2.48. The van der Waals surface area contributed by atoms with E-state index < -0.39 is 5.97 Å². The molecule has 0 aliphatic rings. The molecule has 0 bridgehead atoms. The highest BCUT2D eigenvalue weighted by Gasteiger charge is 2.11. The van der Waals surface area contributed by atoms with E-state index in [4.69, 9.17) is 4.74 Å². The van der Waals surface area contributed by atoms with Crippen LogP contribution in [0.25, 0.3) is 0 Å². The highest BCUT2D eigenvalue weighted by molar-refractivity contribution is 9.10. The summed E-state index contributed by atoms with van der Waals surface area (Å²) in [5.74, 6) is -0.655. The first-order valence-corrected chi connectivity index (χ1v) is 7.24. The van der Waals surface area contributed by atoms with Crippen LogP contribution in [0.15, 0.2) is 53.0 Å². The molecule has 0 saturated carbocycles. The fourth-order valence-corrected chi connectivity index (χ4v) is 2.25. The lowest BCUT2D eigenvalue weighted by molar-refractivity contribution is 0.0526. The molecule has 1 N–H and O–H groups in total. The van der Waals surface area contributed by atoms with Gasteiger partial charge in [-0.3, -0.25) is 4.79 Å². The molecule has 0 aromatic heterocycles. The van der Waals surface area contributed by atoms with Crippen LogP contribution in [0.5, 0.6) is 0 Å². The van der Waals surface area contributed by atoms with Gasteiger partial charge in [-0.25, -0.2) is 4.79 Å². The third-order valence-corrected chi connectivity index (χ3v) is 3.44. The van der Waals surface area contributed by atoms with Crippen molar-refractivity contribution < 1.29 is 14.3 Å². The summed E-state index contributed by atoms with van der Waals surface area (Å²) >= 11 is 3.33. The smallest absolute Gasteiger partial charge is 0.338 e. The first-order valence-electron chi connectivity index (χ1n) is 6.45. The third kappa shape index (κ3) is 3.92. The van der Waals surface area contributed by atoms with Gasteiger partial charge in [0.1, 0.15) is 0 Å². The summed E-state index contributed by atoms with van der Waals surface area (Å²) in [5.41, 5.74) is 1.47. The van der Waals surface area contributed by atoms with Gasteiger partial charge < -0.3 is 10.1 Å². The lowest BCUT2D eigenvalue weighted by atomic mass is 10.1. The van der Waals surface area contributed by atoms with E-state index in [1.807, 2.05) is 6.07 Å². The number of rotatable bonds is 4. The molecule has 1 amide bonds. The van der Waals surface area contributed by atoms with Gasteiger partial charge in [0.15, 0.2) is 0 Å². The lowest BCUT2D eigenvalue weighted by Crippen LogP contribution is -2.13. The molecule has 0 radical (unpaired) electrons. The topological polar surface area (TPSA) is 55.4 Å². The predicted octanol–water partition coefficient (Wildman–Crippen LogP) is 3.88. The monoisotopic (exact) mass is 347 g/mol. The Balaban J connectivity index is 2.17. The predicted molar refractivity (Wildman–Crippen MR) is 84.5 cm³/mol. The SMILES string of the molecule is CCOC(=O)c1cccc(NC(=O)c2ccccc2Br)c1. The van der Waals surface area contributed by atoms with Crippen molar-refractivity contribution in [3.63, 3.8) is 0 Å². The maximum Gasteiger partial charge on any atom is 0.338 e. The fraction of sp³-hybridized carbons (Fsp3) is 0.125. The van der Waals surface area contributed by atoms with Gasteiger partial charge in [0.05, 0.1) is 17.7 Å². The van der Waals surface area contributed by atoms with Crippen molar-refractivity contribution in [2.75, 3.05) is 11.9 Å². The second-order valence-electron chi connectivity index (χ2n) is 4.24. The van der Waals surface area contributed by atoms with E-state index in [9.17, 15) is 9.59 Å². The molecule has 0 unspecified atom stereocenters. The van der Waals surface area contributed by atoms with Crippen LogP contribution in [0.2, 0.25) is 0 Å². The maximum atomic E-state index is 12.2. The summed E-state index contributed by atoms with van der Waals surface area (Å²) < 4.78 is 5.64. The largest absolute Gasteiger partial charge is 0.462 e. The molecule has 0 aliphatic carbocycles. The summed E-state index contributed by atoms with van der Waals surface area (Å²) in [6, 6.07) is 13.8. The summed E-state index contributed by atoms with van der Waals surface area (Å²) in [6.07, 6.45) is 0. The van der Waals surface area contributed by atoms with Crippen molar-refractivity contribution in [1.82, 2.24) is 0 Å². The van der Waals surface area contributed by atoms with Crippen LogP contribution in [-0.2, 0) is 4.74 Å². The van der Waals surface area contributed by atoms with Crippen LogP contribution < -0.4 is 5.32 Å².